The number of rotatable bonds is 5. The van der Waals surface area contributed by atoms with Gasteiger partial charge in [0, 0.05) is 18.7 Å². The zero-order valence-corrected chi connectivity index (χ0v) is 14.0. The summed E-state index contributed by atoms with van der Waals surface area (Å²) in [6, 6.07) is 5.87. The number of carbonyl (C=O) groups excluding carboxylic acids is 1. The van der Waals surface area contributed by atoms with E-state index >= 15 is 0 Å². The zero-order chi connectivity index (χ0) is 16.1. The lowest BCUT2D eigenvalue weighted by Gasteiger charge is -2.33. The van der Waals surface area contributed by atoms with Gasteiger partial charge in [0.1, 0.15) is 18.3 Å². The molecule has 1 atom stereocenters. The third kappa shape index (κ3) is 4.12. The predicted molar refractivity (Wildman–Crippen MR) is 90.1 cm³/mol. The quantitative estimate of drug-likeness (QED) is 0.778. The van der Waals surface area contributed by atoms with Gasteiger partial charge in [-0.3, -0.25) is 9.69 Å². The highest BCUT2D eigenvalue weighted by Gasteiger charge is 2.23. The van der Waals surface area contributed by atoms with Crippen molar-refractivity contribution in [1.82, 2.24) is 4.90 Å². The van der Waals surface area contributed by atoms with E-state index in [1.165, 1.54) is 37.7 Å². The van der Waals surface area contributed by atoms with Crippen LogP contribution >= 0.6 is 0 Å². The molecule has 2 aliphatic rings. The molecule has 0 bridgehead atoms. The fourth-order valence-corrected chi connectivity index (χ4v) is 3.68. The third-order valence-corrected chi connectivity index (χ3v) is 5.07. The van der Waals surface area contributed by atoms with Crippen molar-refractivity contribution < 1.29 is 14.3 Å². The van der Waals surface area contributed by atoms with Gasteiger partial charge in [-0.1, -0.05) is 19.3 Å². The molecule has 1 unspecified atom stereocenters. The molecule has 1 aromatic carbocycles. The summed E-state index contributed by atoms with van der Waals surface area (Å²) in [7, 11) is 0. The maximum Gasteiger partial charge on any atom is 0.150 e. The molecular formula is C19H27NO3. The van der Waals surface area contributed by atoms with Crippen LogP contribution in [0.1, 0.15) is 60.9 Å². The van der Waals surface area contributed by atoms with E-state index < -0.39 is 0 Å². The van der Waals surface area contributed by atoms with Gasteiger partial charge in [-0.25, -0.2) is 0 Å². The minimum atomic E-state index is 0.0309. The molecule has 0 spiro atoms. The van der Waals surface area contributed by atoms with Gasteiger partial charge < -0.3 is 9.47 Å². The molecule has 1 heterocycles. The van der Waals surface area contributed by atoms with Gasteiger partial charge in [-0.05, 0) is 49.4 Å². The minimum absolute atomic E-state index is 0.0309. The Labute approximate surface area is 138 Å². The normalized spacial score (nSPS) is 21.8. The van der Waals surface area contributed by atoms with Gasteiger partial charge in [-0.2, -0.15) is 0 Å². The average molecular weight is 317 g/mol. The van der Waals surface area contributed by atoms with Crippen LogP contribution in [-0.4, -0.2) is 43.7 Å². The van der Waals surface area contributed by atoms with Crippen molar-refractivity contribution >= 4 is 6.29 Å². The van der Waals surface area contributed by atoms with E-state index in [4.69, 9.17) is 9.47 Å². The summed E-state index contributed by atoms with van der Waals surface area (Å²) in [4.78, 5) is 13.5. The Hall–Kier alpha value is -1.39. The molecule has 1 aromatic rings. The number of benzene rings is 1. The van der Waals surface area contributed by atoms with Crippen molar-refractivity contribution in [3.05, 3.63) is 29.3 Å². The van der Waals surface area contributed by atoms with Crippen LogP contribution in [0, 0.1) is 0 Å². The Kier molecular flexibility index (Phi) is 5.68. The molecule has 4 heteroatoms. The largest absolute Gasteiger partial charge is 0.475 e. The fraction of sp³-hybridized carbons (Fsp3) is 0.632. The molecule has 1 saturated heterocycles. The van der Waals surface area contributed by atoms with Crippen LogP contribution in [-0.2, 0) is 4.74 Å². The van der Waals surface area contributed by atoms with Crippen molar-refractivity contribution in [3.8, 4) is 5.75 Å². The Balaban J connectivity index is 1.77. The molecule has 23 heavy (non-hydrogen) atoms. The Morgan fingerprint density at radius 3 is 2.65 bits per heavy atom. The molecule has 4 nitrogen and oxygen atoms in total. The predicted octanol–water partition coefficient (Wildman–Crippen LogP) is 3.60. The highest BCUT2D eigenvalue weighted by atomic mass is 16.5. The molecule has 2 fully saturated rings. The number of nitrogens with zero attached hydrogens (tertiary/aromatic N) is 1. The lowest BCUT2D eigenvalue weighted by atomic mass is 9.83. The van der Waals surface area contributed by atoms with Crippen molar-refractivity contribution in [3.63, 3.8) is 0 Å². The molecule has 126 valence electrons. The number of hydrogen-bond donors (Lipinski definition) is 0. The summed E-state index contributed by atoms with van der Waals surface area (Å²) in [6.07, 6.45) is 7.23. The second-order valence-electron chi connectivity index (χ2n) is 6.62. The Morgan fingerprint density at radius 2 is 1.96 bits per heavy atom. The van der Waals surface area contributed by atoms with Gasteiger partial charge in [0.05, 0.1) is 13.2 Å². The van der Waals surface area contributed by atoms with Crippen molar-refractivity contribution in [1.29, 1.82) is 0 Å². The Bertz CT molecular complexity index is 519. The SMILES string of the molecule is CC(Oc1ccc(C=O)cc1C1CCCCC1)N1CCOCC1. The monoisotopic (exact) mass is 317 g/mol. The van der Waals surface area contributed by atoms with E-state index in [1.807, 2.05) is 18.2 Å². The summed E-state index contributed by atoms with van der Waals surface area (Å²) >= 11 is 0. The molecular weight excluding hydrogens is 290 g/mol. The van der Waals surface area contributed by atoms with Crippen LogP contribution < -0.4 is 4.74 Å². The van der Waals surface area contributed by atoms with Crippen molar-refractivity contribution in [2.75, 3.05) is 26.3 Å². The fourth-order valence-electron chi connectivity index (χ4n) is 3.68. The van der Waals surface area contributed by atoms with Crippen LogP contribution in [0.2, 0.25) is 0 Å². The summed E-state index contributed by atoms with van der Waals surface area (Å²) in [5.74, 6) is 1.47. The third-order valence-electron chi connectivity index (χ3n) is 5.07. The van der Waals surface area contributed by atoms with Crippen LogP contribution in [0.5, 0.6) is 5.75 Å². The summed E-state index contributed by atoms with van der Waals surface area (Å²) in [6.45, 7) is 5.46. The Morgan fingerprint density at radius 1 is 1.22 bits per heavy atom. The lowest BCUT2D eigenvalue weighted by Crippen LogP contribution is -2.44. The maximum atomic E-state index is 11.2. The van der Waals surface area contributed by atoms with Gasteiger partial charge in [0.2, 0.25) is 0 Å². The molecule has 0 radical (unpaired) electrons. The highest BCUT2D eigenvalue weighted by molar-refractivity contribution is 5.75. The zero-order valence-electron chi connectivity index (χ0n) is 14.0. The number of morpholine rings is 1. The first-order chi connectivity index (χ1) is 11.3. The van der Waals surface area contributed by atoms with Crippen LogP contribution in [0.15, 0.2) is 18.2 Å². The first kappa shape index (κ1) is 16.5. The van der Waals surface area contributed by atoms with E-state index in [0.717, 1.165) is 43.9 Å². The minimum Gasteiger partial charge on any atom is -0.475 e. The second-order valence-corrected chi connectivity index (χ2v) is 6.62. The molecule has 0 amide bonds. The van der Waals surface area contributed by atoms with Gasteiger partial charge in [0.25, 0.3) is 0 Å². The number of carbonyl (C=O) groups is 1. The highest BCUT2D eigenvalue weighted by Crippen LogP contribution is 2.38. The van der Waals surface area contributed by atoms with E-state index in [2.05, 4.69) is 11.8 Å². The van der Waals surface area contributed by atoms with Crippen LogP contribution in [0.3, 0.4) is 0 Å². The maximum absolute atomic E-state index is 11.2. The smallest absolute Gasteiger partial charge is 0.150 e. The summed E-state index contributed by atoms with van der Waals surface area (Å²) < 4.78 is 11.7. The molecule has 3 rings (SSSR count). The summed E-state index contributed by atoms with van der Waals surface area (Å²) in [5.41, 5.74) is 1.96. The van der Waals surface area contributed by atoms with Gasteiger partial charge >= 0.3 is 0 Å². The molecule has 1 aliphatic carbocycles. The average Bonchev–Trinajstić information content (AvgIpc) is 2.63. The van der Waals surface area contributed by atoms with Crippen LogP contribution in [0.25, 0.3) is 0 Å². The summed E-state index contributed by atoms with van der Waals surface area (Å²) in [5, 5.41) is 0. The van der Waals surface area contributed by atoms with E-state index in [1.54, 1.807) is 0 Å². The first-order valence-corrected chi connectivity index (χ1v) is 8.85. The van der Waals surface area contributed by atoms with E-state index in [0.29, 0.717) is 5.92 Å². The molecule has 1 saturated carbocycles. The van der Waals surface area contributed by atoms with Gasteiger partial charge in [-0.15, -0.1) is 0 Å². The molecule has 0 N–H and O–H groups in total. The number of ether oxygens (including phenoxy) is 2. The number of hydrogen-bond acceptors (Lipinski definition) is 4. The molecule has 0 aromatic heterocycles. The van der Waals surface area contributed by atoms with E-state index in [9.17, 15) is 4.79 Å². The van der Waals surface area contributed by atoms with Crippen molar-refractivity contribution in [2.24, 2.45) is 0 Å². The lowest BCUT2D eigenvalue weighted by molar-refractivity contribution is -0.0377. The molecule has 1 aliphatic heterocycles. The standard InChI is InChI=1S/C19H27NO3/c1-15(20-9-11-22-12-10-20)23-19-8-7-16(14-21)13-18(19)17-5-3-2-4-6-17/h7-8,13-15,17H,2-6,9-12H2,1H3. The van der Waals surface area contributed by atoms with Crippen molar-refractivity contribution in [2.45, 2.75) is 51.2 Å². The van der Waals surface area contributed by atoms with E-state index in [-0.39, 0.29) is 6.23 Å². The van der Waals surface area contributed by atoms with Crippen LogP contribution in [0.4, 0.5) is 0 Å². The second kappa shape index (κ2) is 7.93. The van der Waals surface area contributed by atoms with Gasteiger partial charge in [0.15, 0.2) is 0 Å². The first-order valence-electron chi connectivity index (χ1n) is 8.85. The number of aldehydes is 1. The topological polar surface area (TPSA) is 38.8 Å².